The monoisotopic (exact) mass is 444 g/mol. The molecule has 0 unspecified atom stereocenters. The second-order valence-electron chi connectivity index (χ2n) is 8.36. The van der Waals surface area contributed by atoms with Gasteiger partial charge in [-0.3, -0.25) is 0 Å². The first-order valence-corrected chi connectivity index (χ1v) is 11.1. The highest BCUT2D eigenvalue weighted by Crippen LogP contribution is 2.34. The molecule has 0 radical (unpaired) electrons. The maximum atomic E-state index is 14.2. The minimum atomic E-state index is -0.152. The molecular formula is C23H30ClFN6. The molecule has 3 N–H and O–H groups in total. The van der Waals surface area contributed by atoms with Gasteiger partial charge in [-0.2, -0.15) is 0 Å². The number of benzene rings is 2. The molecule has 0 spiro atoms. The second kappa shape index (κ2) is 9.02. The summed E-state index contributed by atoms with van der Waals surface area (Å²) in [6, 6.07) is 7.76. The molecule has 1 aliphatic rings. The standard InChI is InChI=1S/C23H30ClFN6/c1-15-10-17(11-16(2)21(15)25)14-31-20-13-18(24)12-19(30-8-6-29(3)7-9-30)22(20)28-23(31)27-5-4-26/h10-13H,4-9,14,26H2,1-3H3,(H,27,28). The smallest absolute Gasteiger partial charge is 0.204 e. The second-order valence-corrected chi connectivity index (χ2v) is 8.80. The minimum Gasteiger partial charge on any atom is -0.367 e. The van der Waals surface area contributed by atoms with E-state index < -0.39 is 0 Å². The molecule has 0 bridgehead atoms. The van der Waals surface area contributed by atoms with Crippen LogP contribution >= 0.6 is 11.6 Å². The average Bonchev–Trinajstić information content (AvgIpc) is 3.07. The summed E-state index contributed by atoms with van der Waals surface area (Å²) in [4.78, 5) is 9.63. The van der Waals surface area contributed by atoms with E-state index in [1.54, 1.807) is 13.8 Å². The lowest BCUT2D eigenvalue weighted by Gasteiger charge is -2.34. The van der Waals surface area contributed by atoms with Crippen LogP contribution in [0.4, 0.5) is 16.0 Å². The van der Waals surface area contributed by atoms with Crippen molar-refractivity contribution in [3.05, 3.63) is 51.8 Å². The first kappa shape index (κ1) is 21.9. The van der Waals surface area contributed by atoms with Gasteiger partial charge in [0, 0.05) is 44.3 Å². The fourth-order valence-electron chi connectivity index (χ4n) is 4.25. The van der Waals surface area contributed by atoms with Gasteiger partial charge in [0.1, 0.15) is 11.3 Å². The number of nitrogens with two attached hydrogens (primary N) is 1. The maximum Gasteiger partial charge on any atom is 0.204 e. The number of rotatable bonds is 6. The van der Waals surface area contributed by atoms with Gasteiger partial charge < -0.3 is 25.4 Å². The minimum absolute atomic E-state index is 0.152. The van der Waals surface area contributed by atoms with Crippen molar-refractivity contribution in [1.29, 1.82) is 0 Å². The summed E-state index contributed by atoms with van der Waals surface area (Å²) in [5.74, 6) is 0.596. The van der Waals surface area contributed by atoms with Crippen molar-refractivity contribution in [2.45, 2.75) is 20.4 Å². The van der Waals surface area contributed by atoms with Crippen LogP contribution in [0.2, 0.25) is 5.02 Å². The van der Waals surface area contributed by atoms with Crippen LogP contribution in [-0.4, -0.2) is 60.8 Å². The van der Waals surface area contributed by atoms with Crippen LogP contribution in [0, 0.1) is 19.7 Å². The molecule has 2 heterocycles. The third-order valence-corrected chi connectivity index (χ3v) is 6.13. The SMILES string of the molecule is Cc1cc(Cn2c(NCCN)nc3c(N4CCN(C)CC4)cc(Cl)cc32)cc(C)c1F. The molecule has 1 fully saturated rings. The zero-order valence-electron chi connectivity index (χ0n) is 18.4. The normalized spacial score (nSPS) is 15.1. The molecule has 1 aliphatic heterocycles. The molecule has 31 heavy (non-hydrogen) atoms. The number of hydrogen-bond donors (Lipinski definition) is 2. The Bertz CT molecular complexity index is 1060. The van der Waals surface area contributed by atoms with Crippen LogP contribution in [0.3, 0.4) is 0 Å². The first-order valence-electron chi connectivity index (χ1n) is 10.7. The van der Waals surface area contributed by atoms with E-state index in [1.807, 2.05) is 24.3 Å². The van der Waals surface area contributed by atoms with E-state index in [0.29, 0.717) is 35.8 Å². The van der Waals surface area contributed by atoms with Crippen LogP contribution < -0.4 is 16.0 Å². The number of likely N-dealkylation sites (N-methyl/N-ethyl adjacent to an activating group) is 1. The molecule has 4 rings (SSSR count). The summed E-state index contributed by atoms with van der Waals surface area (Å²) >= 11 is 6.56. The zero-order chi connectivity index (χ0) is 22.1. The number of hydrogen-bond acceptors (Lipinski definition) is 5. The van der Waals surface area contributed by atoms with Gasteiger partial charge >= 0.3 is 0 Å². The number of nitrogens with one attached hydrogen (secondary N) is 1. The van der Waals surface area contributed by atoms with Gasteiger partial charge in [0.15, 0.2) is 0 Å². The van der Waals surface area contributed by atoms with Gasteiger partial charge in [-0.25, -0.2) is 9.37 Å². The Morgan fingerprint density at radius 3 is 2.42 bits per heavy atom. The third kappa shape index (κ3) is 4.49. The Morgan fingerprint density at radius 1 is 1.10 bits per heavy atom. The van der Waals surface area contributed by atoms with E-state index >= 15 is 0 Å². The number of imidazole rings is 1. The number of halogens is 2. The predicted molar refractivity (Wildman–Crippen MR) is 127 cm³/mol. The number of anilines is 2. The number of nitrogens with zero attached hydrogens (tertiary/aromatic N) is 4. The van der Waals surface area contributed by atoms with E-state index in [1.165, 1.54) is 0 Å². The third-order valence-electron chi connectivity index (χ3n) is 5.91. The van der Waals surface area contributed by atoms with Crippen LogP contribution in [-0.2, 0) is 6.54 Å². The molecule has 2 aromatic carbocycles. The Kier molecular flexibility index (Phi) is 6.36. The summed E-state index contributed by atoms with van der Waals surface area (Å²) in [5.41, 5.74) is 11.0. The lowest BCUT2D eigenvalue weighted by atomic mass is 10.1. The lowest BCUT2D eigenvalue weighted by Crippen LogP contribution is -2.44. The van der Waals surface area contributed by atoms with Gasteiger partial charge in [-0.05, 0) is 49.7 Å². The molecule has 0 atom stereocenters. The van der Waals surface area contributed by atoms with Crippen molar-refractivity contribution in [3.8, 4) is 0 Å². The molecule has 6 nitrogen and oxygen atoms in total. The summed E-state index contributed by atoms with van der Waals surface area (Å²) in [5, 5.41) is 4.03. The first-order chi connectivity index (χ1) is 14.9. The van der Waals surface area contributed by atoms with Crippen molar-refractivity contribution in [3.63, 3.8) is 0 Å². The Labute approximate surface area is 187 Å². The van der Waals surface area contributed by atoms with Gasteiger partial charge in [0.05, 0.1) is 17.7 Å². The highest BCUT2D eigenvalue weighted by Gasteiger charge is 2.21. The molecule has 166 valence electrons. The molecule has 1 saturated heterocycles. The van der Waals surface area contributed by atoms with Gasteiger partial charge in [0.25, 0.3) is 0 Å². The maximum absolute atomic E-state index is 14.2. The van der Waals surface area contributed by atoms with Crippen molar-refractivity contribution in [2.24, 2.45) is 5.73 Å². The highest BCUT2D eigenvalue weighted by atomic mass is 35.5. The van der Waals surface area contributed by atoms with Crippen LogP contribution in [0.15, 0.2) is 24.3 Å². The summed E-state index contributed by atoms with van der Waals surface area (Å²) in [7, 11) is 2.14. The van der Waals surface area contributed by atoms with Gasteiger partial charge in [0.2, 0.25) is 5.95 Å². The number of aromatic nitrogens is 2. The average molecular weight is 445 g/mol. The summed E-state index contributed by atoms with van der Waals surface area (Å²) < 4.78 is 16.3. The fourth-order valence-corrected chi connectivity index (χ4v) is 4.46. The van der Waals surface area contributed by atoms with Crippen molar-refractivity contribution >= 4 is 34.3 Å². The Hall–Kier alpha value is -2.35. The number of fused-ring (bicyclic) bond motifs is 1. The highest BCUT2D eigenvalue weighted by molar-refractivity contribution is 6.31. The van der Waals surface area contributed by atoms with Crippen LogP contribution in [0.5, 0.6) is 0 Å². The molecule has 0 saturated carbocycles. The molecule has 1 aromatic heterocycles. The fraction of sp³-hybridized carbons (Fsp3) is 0.435. The zero-order valence-corrected chi connectivity index (χ0v) is 19.1. The van der Waals surface area contributed by atoms with E-state index in [2.05, 4.69) is 26.7 Å². The topological polar surface area (TPSA) is 62.4 Å². The van der Waals surface area contributed by atoms with E-state index in [0.717, 1.165) is 54.4 Å². The van der Waals surface area contributed by atoms with Gasteiger partial charge in [-0.15, -0.1) is 0 Å². The molecule has 0 aliphatic carbocycles. The summed E-state index contributed by atoms with van der Waals surface area (Å²) in [6.07, 6.45) is 0. The van der Waals surface area contributed by atoms with Crippen molar-refractivity contribution in [2.75, 3.05) is 56.5 Å². The number of piperazine rings is 1. The Balaban J connectivity index is 1.81. The summed E-state index contributed by atoms with van der Waals surface area (Å²) in [6.45, 7) is 9.14. The molecule has 0 amide bonds. The largest absolute Gasteiger partial charge is 0.367 e. The molecule has 3 aromatic rings. The van der Waals surface area contributed by atoms with E-state index in [-0.39, 0.29) is 5.82 Å². The Morgan fingerprint density at radius 2 is 1.77 bits per heavy atom. The lowest BCUT2D eigenvalue weighted by molar-refractivity contribution is 0.313. The molecular weight excluding hydrogens is 415 g/mol. The van der Waals surface area contributed by atoms with Crippen LogP contribution in [0.25, 0.3) is 11.0 Å². The predicted octanol–water partition coefficient (Wildman–Crippen LogP) is 3.62. The molecule has 8 heteroatoms. The van der Waals surface area contributed by atoms with E-state index in [9.17, 15) is 4.39 Å². The van der Waals surface area contributed by atoms with Crippen molar-refractivity contribution < 1.29 is 4.39 Å². The van der Waals surface area contributed by atoms with E-state index in [4.69, 9.17) is 22.3 Å². The van der Waals surface area contributed by atoms with Crippen molar-refractivity contribution in [1.82, 2.24) is 14.5 Å². The number of aryl methyl sites for hydroxylation is 2. The van der Waals surface area contributed by atoms with Crippen LogP contribution in [0.1, 0.15) is 16.7 Å². The van der Waals surface area contributed by atoms with Gasteiger partial charge in [-0.1, -0.05) is 23.7 Å². The quantitative estimate of drug-likeness (QED) is 0.608.